The van der Waals surface area contributed by atoms with Gasteiger partial charge >= 0.3 is 0 Å². The Morgan fingerprint density at radius 1 is 0.667 bits per heavy atom. The van der Waals surface area contributed by atoms with Crippen molar-refractivity contribution in [2.24, 2.45) is 0 Å². The second-order valence-electron chi connectivity index (χ2n) is 5.39. The highest BCUT2D eigenvalue weighted by molar-refractivity contribution is 8.77. The Balaban J connectivity index is 1.78. The van der Waals surface area contributed by atoms with Crippen molar-refractivity contribution in [1.82, 2.24) is 0 Å². The van der Waals surface area contributed by atoms with E-state index < -0.39 is 0 Å². The molecule has 2 nitrogen and oxygen atoms in total. The van der Waals surface area contributed by atoms with Gasteiger partial charge in [-0.15, -0.1) is 0 Å². The van der Waals surface area contributed by atoms with Crippen molar-refractivity contribution in [3.05, 3.63) is 0 Å². The third-order valence-corrected chi connectivity index (χ3v) is 7.69. The number of methoxy groups -OCH3 is 2. The maximum Gasteiger partial charge on any atom is 0.0698 e. The minimum Gasteiger partial charge on any atom is -0.380 e. The van der Waals surface area contributed by atoms with Crippen LogP contribution in [0.2, 0.25) is 0 Å². The van der Waals surface area contributed by atoms with Gasteiger partial charge in [0.15, 0.2) is 0 Å². The molecule has 0 aromatic carbocycles. The van der Waals surface area contributed by atoms with Crippen LogP contribution >= 0.6 is 21.6 Å². The van der Waals surface area contributed by atoms with Crippen molar-refractivity contribution in [1.29, 1.82) is 0 Å². The first-order valence-corrected chi connectivity index (χ1v) is 9.50. The fourth-order valence-electron chi connectivity index (χ4n) is 3.03. The monoisotopic (exact) mass is 290 g/mol. The zero-order chi connectivity index (χ0) is 12.8. The molecule has 0 unspecified atom stereocenters. The molecule has 18 heavy (non-hydrogen) atoms. The van der Waals surface area contributed by atoms with Gasteiger partial charge in [0.25, 0.3) is 0 Å². The van der Waals surface area contributed by atoms with E-state index >= 15 is 0 Å². The molecule has 0 heterocycles. The summed E-state index contributed by atoms with van der Waals surface area (Å²) in [7, 11) is 7.87. The van der Waals surface area contributed by atoms with Gasteiger partial charge in [-0.05, 0) is 25.7 Å². The van der Waals surface area contributed by atoms with Crippen molar-refractivity contribution >= 4 is 21.6 Å². The maximum atomic E-state index is 5.63. The first kappa shape index (κ1) is 15.0. The average Bonchev–Trinajstić information content (AvgIpc) is 2.45. The van der Waals surface area contributed by atoms with Gasteiger partial charge in [-0.3, -0.25) is 0 Å². The van der Waals surface area contributed by atoms with Gasteiger partial charge in [-0.25, -0.2) is 0 Å². The minimum absolute atomic E-state index is 0.473. The number of hydrogen-bond acceptors (Lipinski definition) is 4. The van der Waals surface area contributed by atoms with Crippen LogP contribution in [0.3, 0.4) is 0 Å². The SMILES string of the molecule is CO[C@H]1CCCC[C@@H]1SS[C@H]1CCCC[C@@H]1OC. The third kappa shape index (κ3) is 4.06. The van der Waals surface area contributed by atoms with Gasteiger partial charge in [-0.1, -0.05) is 47.3 Å². The first-order valence-electron chi connectivity index (χ1n) is 7.23. The molecule has 2 aliphatic rings. The lowest BCUT2D eigenvalue weighted by molar-refractivity contribution is 0.0755. The van der Waals surface area contributed by atoms with E-state index in [4.69, 9.17) is 9.47 Å². The van der Waals surface area contributed by atoms with Gasteiger partial charge in [0.05, 0.1) is 12.2 Å². The van der Waals surface area contributed by atoms with Gasteiger partial charge < -0.3 is 9.47 Å². The predicted molar refractivity (Wildman–Crippen MR) is 81.3 cm³/mol. The number of ether oxygens (including phenoxy) is 2. The molecule has 0 amide bonds. The fourth-order valence-corrected chi connectivity index (χ4v) is 6.76. The van der Waals surface area contributed by atoms with E-state index in [1.165, 1.54) is 51.4 Å². The topological polar surface area (TPSA) is 18.5 Å². The van der Waals surface area contributed by atoms with Crippen LogP contribution in [0.15, 0.2) is 0 Å². The van der Waals surface area contributed by atoms with Crippen LogP contribution in [0.4, 0.5) is 0 Å². The van der Waals surface area contributed by atoms with Crippen molar-refractivity contribution in [2.75, 3.05) is 14.2 Å². The third-order valence-electron chi connectivity index (χ3n) is 4.19. The highest BCUT2D eigenvalue weighted by atomic mass is 33.1. The average molecular weight is 290 g/mol. The van der Waals surface area contributed by atoms with E-state index in [9.17, 15) is 0 Å². The van der Waals surface area contributed by atoms with Crippen LogP contribution in [0.5, 0.6) is 0 Å². The second kappa shape index (κ2) is 8.03. The lowest BCUT2D eigenvalue weighted by Crippen LogP contribution is -2.31. The molecular weight excluding hydrogens is 264 g/mol. The molecule has 0 saturated heterocycles. The lowest BCUT2D eigenvalue weighted by Gasteiger charge is -2.33. The molecule has 2 fully saturated rings. The van der Waals surface area contributed by atoms with Crippen molar-refractivity contribution in [3.8, 4) is 0 Å². The predicted octanol–water partition coefficient (Wildman–Crippen LogP) is 4.28. The molecule has 4 heteroatoms. The van der Waals surface area contributed by atoms with Crippen molar-refractivity contribution in [2.45, 2.75) is 74.1 Å². The lowest BCUT2D eigenvalue weighted by atomic mass is 9.97. The van der Waals surface area contributed by atoms with Crippen LogP contribution in [0, 0.1) is 0 Å². The van der Waals surface area contributed by atoms with Crippen molar-refractivity contribution < 1.29 is 9.47 Å². The molecule has 0 radical (unpaired) electrons. The number of rotatable bonds is 5. The van der Waals surface area contributed by atoms with Gasteiger partial charge in [0.1, 0.15) is 0 Å². The summed E-state index contributed by atoms with van der Waals surface area (Å²) in [4.78, 5) is 0. The molecule has 2 aliphatic carbocycles. The Morgan fingerprint density at radius 3 is 1.44 bits per heavy atom. The van der Waals surface area contributed by atoms with E-state index in [-0.39, 0.29) is 0 Å². The Kier molecular flexibility index (Phi) is 6.70. The molecule has 0 bridgehead atoms. The molecule has 0 aliphatic heterocycles. The molecule has 0 N–H and O–H groups in total. The van der Waals surface area contributed by atoms with E-state index in [1.54, 1.807) is 0 Å². The zero-order valence-electron chi connectivity index (χ0n) is 11.6. The largest absolute Gasteiger partial charge is 0.380 e. The second-order valence-corrected chi connectivity index (χ2v) is 8.14. The zero-order valence-corrected chi connectivity index (χ0v) is 13.2. The number of hydrogen-bond donors (Lipinski definition) is 0. The summed E-state index contributed by atoms with van der Waals surface area (Å²) in [5, 5.41) is 1.38. The summed E-state index contributed by atoms with van der Waals surface area (Å²) in [5.41, 5.74) is 0. The van der Waals surface area contributed by atoms with Crippen molar-refractivity contribution in [3.63, 3.8) is 0 Å². The Labute approximate surface area is 119 Å². The van der Waals surface area contributed by atoms with Crippen LogP contribution in [-0.2, 0) is 9.47 Å². The highest BCUT2D eigenvalue weighted by Crippen LogP contribution is 2.43. The van der Waals surface area contributed by atoms with Crippen LogP contribution in [0.1, 0.15) is 51.4 Å². The normalized spacial score (nSPS) is 37.7. The molecule has 0 aromatic heterocycles. The quantitative estimate of drug-likeness (QED) is 0.703. The molecule has 106 valence electrons. The fraction of sp³-hybridized carbons (Fsp3) is 1.00. The van der Waals surface area contributed by atoms with E-state index in [1.807, 2.05) is 14.2 Å². The molecule has 4 atom stereocenters. The van der Waals surface area contributed by atoms with Crippen LogP contribution in [-0.4, -0.2) is 36.9 Å². The smallest absolute Gasteiger partial charge is 0.0698 e. The Hall–Kier alpha value is 0.620. The van der Waals surface area contributed by atoms with E-state index in [0.717, 1.165) is 0 Å². The Bertz CT molecular complexity index is 214. The van der Waals surface area contributed by atoms with E-state index in [2.05, 4.69) is 21.6 Å². The summed E-state index contributed by atoms with van der Waals surface area (Å²) in [6, 6.07) is 0. The summed E-state index contributed by atoms with van der Waals surface area (Å²) in [5.74, 6) is 0. The van der Waals surface area contributed by atoms with Gasteiger partial charge in [-0.2, -0.15) is 0 Å². The maximum absolute atomic E-state index is 5.63. The van der Waals surface area contributed by atoms with Crippen LogP contribution in [0.25, 0.3) is 0 Å². The summed E-state index contributed by atoms with van der Waals surface area (Å²) in [6.07, 6.45) is 11.5. The molecular formula is C14H26O2S2. The Morgan fingerprint density at radius 2 is 1.06 bits per heavy atom. The van der Waals surface area contributed by atoms with Gasteiger partial charge in [0, 0.05) is 24.7 Å². The first-order chi connectivity index (χ1) is 8.85. The summed E-state index contributed by atoms with van der Waals surface area (Å²) in [6.45, 7) is 0. The summed E-state index contributed by atoms with van der Waals surface area (Å²) >= 11 is 0. The van der Waals surface area contributed by atoms with Crippen LogP contribution < -0.4 is 0 Å². The molecule has 2 rings (SSSR count). The highest BCUT2D eigenvalue weighted by Gasteiger charge is 2.30. The molecule has 0 aromatic rings. The molecule has 2 saturated carbocycles. The van der Waals surface area contributed by atoms with E-state index in [0.29, 0.717) is 22.7 Å². The van der Waals surface area contributed by atoms with Gasteiger partial charge in [0.2, 0.25) is 0 Å². The summed E-state index contributed by atoms with van der Waals surface area (Å²) < 4.78 is 11.3. The standard InChI is InChI=1S/C14H26O2S2/c1-15-11-7-3-5-9-13(11)17-18-14-10-6-4-8-12(14)16-2/h11-14H,3-10H2,1-2H3/t11-,12-,13-,14-/m0/s1. The minimum atomic E-state index is 0.473. The molecule has 0 spiro atoms.